The summed E-state index contributed by atoms with van der Waals surface area (Å²) in [5, 5.41) is 0. The average molecular weight is 297 g/mol. The summed E-state index contributed by atoms with van der Waals surface area (Å²) in [6, 6.07) is 8.49. The number of alkyl halides is 1. The van der Waals surface area contributed by atoms with Gasteiger partial charge in [-0.2, -0.15) is 0 Å². The Morgan fingerprint density at radius 2 is 2.00 bits per heavy atom. The molecular formula is C15H21BrO. The van der Waals surface area contributed by atoms with Gasteiger partial charge in [-0.25, -0.2) is 0 Å². The predicted octanol–water partition coefficient (Wildman–Crippen LogP) is 4.58. The van der Waals surface area contributed by atoms with Crippen LogP contribution in [0.25, 0.3) is 0 Å². The molecule has 1 saturated carbocycles. The van der Waals surface area contributed by atoms with Crippen molar-refractivity contribution >= 4 is 15.9 Å². The maximum absolute atomic E-state index is 5.17. The first-order chi connectivity index (χ1) is 8.28. The van der Waals surface area contributed by atoms with Crippen molar-refractivity contribution in [1.29, 1.82) is 0 Å². The van der Waals surface area contributed by atoms with Crippen LogP contribution in [0.5, 0.6) is 5.75 Å². The number of methoxy groups -OCH3 is 1. The van der Waals surface area contributed by atoms with Gasteiger partial charge in [-0.3, -0.25) is 0 Å². The summed E-state index contributed by atoms with van der Waals surface area (Å²) in [7, 11) is 1.72. The van der Waals surface area contributed by atoms with E-state index in [-0.39, 0.29) is 0 Å². The zero-order chi connectivity index (χ0) is 12.1. The van der Waals surface area contributed by atoms with Gasteiger partial charge in [0.25, 0.3) is 0 Å². The minimum atomic E-state index is 0.761. The van der Waals surface area contributed by atoms with E-state index in [1.165, 1.54) is 44.1 Å². The molecular weight excluding hydrogens is 276 g/mol. The van der Waals surface area contributed by atoms with Crippen LogP contribution in [0.15, 0.2) is 24.3 Å². The topological polar surface area (TPSA) is 9.23 Å². The van der Waals surface area contributed by atoms with Gasteiger partial charge in [0.2, 0.25) is 0 Å². The molecule has 1 nitrogen and oxygen atoms in total. The second-order valence-electron chi connectivity index (χ2n) is 5.02. The second kappa shape index (κ2) is 6.44. The molecule has 0 bridgehead atoms. The molecule has 0 heterocycles. The highest BCUT2D eigenvalue weighted by molar-refractivity contribution is 9.09. The molecule has 1 aromatic carbocycles. The minimum Gasteiger partial charge on any atom is -0.497 e. The molecule has 0 aromatic heterocycles. The lowest BCUT2D eigenvalue weighted by molar-refractivity contribution is 0.349. The van der Waals surface area contributed by atoms with Gasteiger partial charge in [-0.05, 0) is 49.3 Å². The summed E-state index contributed by atoms with van der Waals surface area (Å²) in [5.74, 6) is 1.86. The smallest absolute Gasteiger partial charge is 0.118 e. The average Bonchev–Trinajstić information content (AvgIpc) is 2.37. The SMILES string of the molecule is COc1ccc(CCC2CCCC(Br)C2)cc1. The van der Waals surface area contributed by atoms with Gasteiger partial charge in [-0.1, -0.05) is 40.9 Å². The molecule has 2 atom stereocenters. The lowest BCUT2D eigenvalue weighted by Gasteiger charge is -2.25. The molecule has 2 heteroatoms. The Bertz CT molecular complexity index is 333. The number of hydrogen-bond acceptors (Lipinski definition) is 1. The maximum Gasteiger partial charge on any atom is 0.118 e. The van der Waals surface area contributed by atoms with Crippen molar-refractivity contribution in [2.45, 2.75) is 43.4 Å². The van der Waals surface area contributed by atoms with Crippen LogP contribution in [0, 0.1) is 5.92 Å². The monoisotopic (exact) mass is 296 g/mol. The highest BCUT2D eigenvalue weighted by Crippen LogP contribution is 2.31. The van der Waals surface area contributed by atoms with Crippen molar-refractivity contribution in [3.8, 4) is 5.75 Å². The first-order valence-electron chi connectivity index (χ1n) is 6.55. The lowest BCUT2D eigenvalue weighted by Crippen LogP contribution is -2.15. The van der Waals surface area contributed by atoms with Crippen LogP contribution in [0.4, 0.5) is 0 Å². The summed E-state index contributed by atoms with van der Waals surface area (Å²) in [6.45, 7) is 0. The van der Waals surface area contributed by atoms with Gasteiger partial charge >= 0.3 is 0 Å². The van der Waals surface area contributed by atoms with E-state index in [1.54, 1.807) is 7.11 Å². The Labute approximate surface area is 113 Å². The maximum atomic E-state index is 5.17. The number of hydrogen-bond donors (Lipinski definition) is 0. The van der Waals surface area contributed by atoms with Crippen LogP contribution in [0.3, 0.4) is 0 Å². The summed E-state index contributed by atoms with van der Waals surface area (Å²) in [4.78, 5) is 0.761. The van der Waals surface area contributed by atoms with Gasteiger partial charge in [0.05, 0.1) is 7.11 Å². The minimum absolute atomic E-state index is 0.761. The standard InChI is InChI=1S/C15H21BrO/c1-17-15-9-7-12(8-10-15)5-6-13-3-2-4-14(16)11-13/h7-10,13-14H,2-6,11H2,1H3. The van der Waals surface area contributed by atoms with E-state index in [0.29, 0.717) is 0 Å². The Hall–Kier alpha value is -0.500. The largest absolute Gasteiger partial charge is 0.497 e. The van der Waals surface area contributed by atoms with Crippen molar-refractivity contribution in [3.63, 3.8) is 0 Å². The number of ether oxygens (including phenoxy) is 1. The van der Waals surface area contributed by atoms with Crippen molar-refractivity contribution in [2.24, 2.45) is 5.92 Å². The van der Waals surface area contributed by atoms with E-state index >= 15 is 0 Å². The van der Waals surface area contributed by atoms with E-state index < -0.39 is 0 Å². The number of benzene rings is 1. The molecule has 17 heavy (non-hydrogen) atoms. The van der Waals surface area contributed by atoms with Crippen LogP contribution in [0.1, 0.15) is 37.7 Å². The number of halogens is 1. The zero-order valence-electron chi connectivity index (χ0n) is 10.5. The first kappa shape index (κ1) is 12.9. The van der Waals surface area contributed by atoms with Crippen LogP contribution in [0.2, 0.25) is 0 Å². The molecule has 1 aromatic rings. The lowest BCUT2D eigenvalue weighted by atomic mass is 9.85. The van der Waals surface area contributed by atoms with Crippen LogP contribution < -0.4 is 4.74 Å². The summed E-state index contributed by atoms with van der Waals surface area (Å²) < 4.78 is 5.17. The van der Waals surface area contributed by atoms with Crippen molar-refractivity contribution in [1.82, 2.24) is 0 Å². The summed E-state index contributed by atoms with van der Waals surface area (Å²) >= 11 is 3.76. The normalized spacial score (nSPS) is 24.6. The van der Waals surface area contributed by atoms with Crippen molar-refractivity contribution in [2.75, 3.05) is 7.11 Å². The quantitative estimate of drug-likeness (QED) is 0.739. The van der Waals surface area contributed by atoms with Gasteiger partial charge in [0.1, 0.15) is 5.75 Å². The predicted molar refractivity (Wildman–Crippen MR) is 76.0 cm³/mol. The molecule has 0 spiro atoms. The zero-order valence-corrected chi connectivity index (χ0v) is 12.1. The fourth-order valence-electron chi connectivity index (χ4n) is 2.65. The first-order valence-corrected chi connectivity index (χ1v) is 7.46. The van der Waals surface area contributed by atoms with Gasteiger partial charge in [0.15, 0.2) is 0 Å². The summed E-state index contributed by atoms with van der Waals surface area (Å²) in [6.07, 6.45) is 8.06. The molecule has 0 saturated heterocycles. The Balaban J connectivity index is 1.80. The molecule has 2 unspecified atom stereocenters. The molecule has 94 valence electrons. The molecule has 1 aliphatic carbocycles. The van der Waals surface area contributed by atoms with Gasteiger partial charge < -0.3 is 4.74 Å². The van der Waals surface area contributed by atoms with E-state index in [9.17, 15) is 0 Å². The number of rotatable bonds is 4. The summed E-state index contributed by atoms with van der Waals surface area (Å²) in [5.41, 5.74) is 1.43. The molecule has 2 rings (SSSR count). The molecule has 0 amide bonds. The molecule has 1 aliphatic rings. The highest BCUT2D eigenvalue weighted by atomic mass is 79.9. The van der Waals surface area contributed by atoms with E-state index in [0.717, 1.165) is 16.5 Å². The molecule has 0 N–H and O–H groups in total. The van der Waals surface area contributed by atoms with E-state index in [2.05, 4.69) is 40.2 Å². The molecule has 1 fully saturated rings. The third-order valence-electron chi connectivity index (χ3n) is 3.72. The highest BCUT2D eigenvalue weighted by Gasteiger charge is 2.19. The third kappa shape index (κ3) is 4.02. The fraction of sp³-hybridized carbons (Fsp3) is 0.600. The van der Waals surface area contributed by atoms with Gasteiger partial charge in [-0.15, -0.1) is 0 Å². The fourth-order valence-corrected chi connectivity index (χ4v) is 3.50. The third-order valence-corrected chi connectivity index (χ3v) is 4.55. The van der Waals surface area contributed by atoms with Crippen LogP contribution in [-0.2, 0) is 6.42 Å². The Morgan fingerprint density at radius 3 is 2.65 bits per heavy atom. The second-order valence-corrected chi connectivity index (χ2v) is 6.31. The van der Waals surface area contributed by atoms with E-state index in [1.807, 2.05) is 0 Å². The van der Waals surface area contributed by atoms with Crippen LogP contribution in [-0.4, -0.2) is 11.9 Å². The molecule has 0 radical (unpaired) electrons. The Morgan fingerprint density at radius 1 is 1.24 bits per heavy atom. The van der Waals surface area contributed by atoms with Gasteiger partial charge in [0, 0.05) is 4.83 Å². The van der Waals surface area contributed by atoms with Crippen molar-refractivity contribution < 1.29 is 4.74 Å². The molecule has 0 aliphatic heterocycles. The van der Waals surface area contributed by atoms with Crippen molar-refractivity contribution in [3.05, 3.63) is 29.8 Å². The van der Waals surface area contributed by atoms with Crippen LogP contribution >= 0.6 is 15.9 Å². The van der Waals surface area contributed by atoms with E-state index in [4.69, 9.17) is 4.74 Å². The number of aryl methyl sites for hydroxylation is 1. The Kier molecular flexibility index (Phi) is 4.90.